The van der Waals surface area contributed by atoms with Gasteiger partial charge in [0.15, 0.2) is 5.88 Å². The fourth-order valence-corrected chi connectivity index (χ4v) is 4.95. The lowest BCUT2D eigenvalue weighted by Gasteiger charge is -2.35. The van der Waals surface area contributed by atoms with Crippen molar-refractivity contribution >= 4 is 5.69 Å². The van der Waals surface area contributed by atoms with Crippen molar-refractivity contribution in [3.8, 4) is 28.7 Å². The minimum Gasteiger partial charge on any atom is -0.473 e. The molecule has 1 saturated carbocycles. The molecule has 2 aromatic rings. The Labute approximate surface area is 241 Å². The van der Waals surface area contributed by atoms with E-state index >= 15 is 0 Å². The lowest BCUT2D eigenvalue weighted by molar-refractivity contribution is -0.274. The summed E-state index contributed by atoms with van der Waals surface area (Å²) in [4.78, 5) is 3.95. The number of ether oxygens (including phenoxy) is 2. The molecule has 0 bridgehead atoms. The van der Waals surface area contributed by atoms with Gasteiger partial charge in [0.25, 0.3) is 0 Å². The van der Waals surface area contributed by atoms with Crippen molar-refractivity contribution in [2.45, 2.75) is 78.5 Å². The lowest BCUT2D eigenvalue weighted by Crippen LogP contribution is -2.31. The molecule has 41 heavy (non-hydrogen) atoms. The van der Waals surface area contributed by atoms with Gasteiger partial charge in [-0.15, -0.1) is 19.1 Å². The van der Waals surface area contributed by atoms with Gasteiger partial charge in [-0.25, -0.2) is 0 Å². The summed E-state index contributed by atoms with van der Waals surface area (Å²) in [7, 11) is 3.80. The zero-order chi connectivity index (χ0) is 30.5. The fraction of sp³-hybridized carbons (Fsp3) is 0.500. The number of alkyl halides is 3. The van der Waals surface area contributed by atoms with Gasteiger partial charge in [-0.2, -0.15) is 0 Å². The molecule has 1 unspecified atom stereocenters. The molecule has 0 amide bonds. The third kappa shape index (κ3) is 8.34. The molecule has 9 heteroatoms. The number of aliphatic hydroxyl groups is 2. The summed E-state index contributed by atoms with van der Waals surface area (Å²) in [5.74, 6) is 6.44. The van der Waals surface area contributed by atoms with Gasteiger partial charge in [0.05, 0.1) is 13.2 Å². The van der Waals surface area contributed by atoms with Gasteiger partial charge in [-0.1, -0.05) is 18.1 Å². The summed E-state index contributed by atoms with van der Waals surface area (Å²) >= 11 is 0. The number of allylic oxidation sites excluding steroid dienone is 1. The van der Waals surface area contributed by atoms with E-state index in [4.69, 9.17) is 4.74 Å². The molecule has 224 valence electrons. The maximum absolute atomic E-state index is 12.8. The first kappa shape index (κ1) is 32.2. The maximum atomic E-state index is 12.8. The lowest BCUT2D eigenvalue weighted by atomic mass is 9.88. The number of nitrogens with zero attached hydrogens (tertiary/aromatic N) is 2. The quantitative estimate of drug-likeness (QED) is 0.244. The average molecular weight is 575 g/mol. The molecule has 3 rings (SSSR count). The van der Waals surface area contributed by atoms with E-state index in [1.54, 1.807) is 19.1 Å². The van der Waals surface area contributed by atoms with E-state index in [0.717, 1.165) is 41.8 Å². The molecule has 0 radical (unpaired) electrons. The van der Waals surface area contributed by atoms with Crippen LogP contribution in [0.4, 0.5) is 18.9 Å². The van der Waals surface area contributed by atoms with Crippen LogP contribution in [0.5, 0.6) is 5.75 Å². The monoisotopic (exact) mass is 574 g/mol. The second kappa shape index (κ2) is 13.1. The van der Waals surface area contributed by atoms with Crippen LogP contribution in [0.25, 0.3) is 11.1 Å². The normalized spacial score (nSPS) is 14.0. The van der Waals surface area contributed by atoms with Crippen LogP contribution in [0.15, 0.2) is 41.8 Å². The Bertz CT molecular complexity index is 1300. The van der Waals surface area contributed by atoms with Crippen molar-refractivity contribution in [2.24, 2.45) is 0 Å². The molecule has 0 aliphatic heterocycles. The first-order chi connectivity index (χ1) is 19.1. The Balaban J connectivity index is 2.20. The molecule has 2 aromatic carbocycles. The van der Waals surface area contributed by atoms with Gasteiger partial charge in [-0.05, 0) is 99.9 Å². The molecular weight excluding hydrogens is 533 g/mol. The van der Waals surface area contributed by atoms with E-state index in [9.17, 15) is 23.4 Å². The summed E-state index contributed by atoms with van der Waals surface area (Å²) in [6.07, 6.45) is -2.93. The van der Waals surface area contributed by atoms with Gasteiger partial charge in [0, 0.05) is 31.9 Å². The second-order valence-electron chi connectivity index (χ2n) is 11.4. The minimum absolute atomic E-state index is 0.308. The topological polar surface area (TPSA) is 65.4 Å². The van der Waals surface area contributed by atoms with Crippen molar-refractivity contribution < 1.29 is 32.9 Å². The first-order valence-electron chi connectivity index (χ1n) is 13.7. The van der Waals surface area contributed by atoms with Gasteiger partial charge in [-0.3, -0.25) is 0 Å². The third-order valence-corrected chi connectivity index (χ3v) is 6.88. The molecule has 0 saturated heterocycles. The molecule has 1 atom stereocenters. The Morgan fingerprint density at radius 1 is 1.10 bits per heavy atom. The SMILES string of the molecule is CC#CCN(C)c1c(C)c(-c2ccc(OC(F)(F)F)cc2)cc(CN(C)C(OC(C)(C)C)=C2CCC2)c1C(O)CO. The van der Waals surface area contributed by atoms with Crippen LogP contribution in [0.2, 0.25) is 0 Å². The number of anilines is 1. The van der Waals surface area contributed by atoms with Gasteiger partial charge in [0.2, 0.25) is 0 Å². The molecule has 2 N–H and O–H groups in total. The van der Waals surface area contributed by atoms with Crippen LogP contribution in [0, 0.1) is 18.8 Å². The van der Waals surface area contributed by atoms with E-state index in [0.29, 0.717) is 29.9 Å². The number of halogens is 3. The summed E-state index contributed by atoms with van der Waals surface area (Å²) in [6.45, 7) is 9.90. The Morgan fingerprint density at radius 3 is 2.22 bits per heavy atom. The predicted octanol–water partition coefficient (Wildman–Crippen LogP) is 6.69. The number of hydrogen-bond acceptors (Lipinski definition) is 6. The van der Waals surface area contributed by atoms with Crippen LogP contribution < -0.4 is 9.64 Å². The number of aliphatic hydroxyl groups excluding tert-OH is 2. The van der Waals surface area contributed by atoms with Crippen molar-refractivity contribution in [1.29, 1.82) is 0 Å². The minimum atomic E-state index is -4.78. The van der Waals surface area contributed by atoms with Crippen molar-refractivity contribution in [2.75, 3.05) is 32.1 Å². The third-order valence-electron chi connectivity index (χ3n) is 6.88. The van der Waals surface area contributed by atoms with Crippen LogP contribution in [-0.2, 0) is 11.3 Å². The smallest absolute Gasteiger partial charge is 0.473 e. The predicted molar refractivity (Wildman–Crippen MR) is 155 cm³/mol. The van der Waals surface area contributed by atoms with Crippen LogP contribution in [0.3, 0.4) is 0 Å². The van der Waals surface area contributed by atoms with Gasteiger partial charge < -0.3 is 29.5 Å². The zero-order valence-corrected chi connectivity index (χ0v) is 24.9. The molecule has 1 aliphatic rings. The summed E-state index contributed by atoms with van der Waals surface area (Å²) in [6, 6.07) is 7.67. The fourth-order valence-electron chi connectivity index (χ4n) is 4.95. The second-order valence-corrected chi connectivity index (χ2v) is 11.4. The highest BCUT2D eigenvalue weighted by Crippen LogP contribution is 2.41. The summed E-state index contributed by atoms with van der Waals surface area (Å²) in [5, 5.41) is 21.2. The van der Waals surface area contributed by atoms with E-state index < -0.39 is 24.7 Å². The van der Waals surface area contributed by atoms with Crippen molar-refractivity contribution in [3.05, 3.63) is 58.5 Å². The van der Waals surface area contributed by atoms with Crippen LogP contribution in [-0.4, -0.2) is 54.3 Å². The number of rotatable bonds is 10. The summed E-state index contributed by atoms with van der Waals surface area (Å²) < 4.78 is 48.7. The van der Waals surface area contributed by atoms with E-state index in [1.807, 2.05) is 57.7 Å². The average Bonchev–Trinajstić information content (AvgIpc) is 2.84. The van der Waals surface area contributed by atoms with Crippen molar-refractivity contribution in [3.63, 3.8) is 0 Å². The van der Waals surface area contributed by atoms with Crippen molar-refractivity contribution in [1.82, 2.24) is 4.90 Å². The Kier molecular flexibility index (Phi) is 10.3. The highest BCUT2D eigenvalue weighted by molar-refractivity contribution is 5.79. The highest BCUT2D eigenvalue weighted by atomic mass is 19.4. The van der Waals surface area contributed by atoms with Gasteiger partial charge in [0.1, 0.15) is 17.5 Å². The molecular formula is C32H41F3N2O4. The largest absolute Gasteiger partial charge is 0.573 e. The van der Waals surface area contributed by atoms with E-state index in [1.165, 1.54) is 17.7 Å². The molecule has 0 aromatic heterocycles. The molecule has 1 fully saturated rings. The molecule has 6 nitrogen and oxygen atoms in total. The molecule has 0 spiro atoms. The van der Waals surface area contributed by atoms with E-state index in [2.05, 4.69) is 16.6 Å². The molecule has 0 heterocycles. The highest BCUT2D eigenvalue weighted by Gasteiger charge is 2.31. The standard InChI is InChI=1S/C32H41F3N2O4/c1-8-9-17-36(6)29-21(2)26(22-13-15-25(16-14-22)40-32(33,34)35)18-24(28(29)27(39)20-38)19-37(7)30(23-11-10-12-23)41-31(3,4)5/h13-16,18,27,38-39H,10-12,17,19-20H2,1-7H3. The van der Waals surface area contributed by atoms with Crippen LogP contribution in [0.1, 0.15) is 69.8 Å². The Hall–Kier alpha value is -3.35. The number of hydrogen-bond donors (Lipinski definition) is 2. The van der Waals surface area contributed by atoms with Crippen LogP contribution >= 0.6 is 0 Å². The van der Waals surface area contributed by atoms with Gasteiger partial charge >= 0.3 is 6.36 Å². The maximum Gasteiger partial charge on any atom is 0.573 e. The number of benzene rings is 2. The summed E-state index contributed by atoms with van der Waals surface area (Å²) in [5.41, 5.74) is 5.12. The van der Waals surface area contributed by atoms with E-state index in [-0.39, 0.29) is 5.75 Å². The zero-order valence-electron chi connectivity index (χ0n) is 24.9. The molecule has 1 aliphatic carbocycles. The Morgan fingerprint density at radius 2 is 1.73 bits per heavy atom. The first-order valence-corrected chi connectivity index (χ1v) is 13.7.